The zero-order valence-corrected chi connectivity index (χ0v) is 16.0. The second kappa shape index (κ2) is 7.51. The number of anilines is 3. The molecule has 7 heteroatoms. The van der Waals surface area contributed by atoms with Gasteiger partial charge in [-0.25, -0.2) is 4.98 Å². The first kappa shape index (κ1) is 17.7. The van der Waals surface area contributed by atoms with E-state index in [2.05, 4.69) is 15.2 Å². The Hall–Kier alpha value is -1.69. The number of rotatable bonds is 5. The van der Waals surface area contributed by atoms with Gasteiger partial charge in [-0.2, -0.15) is 0 Å². The number of hydrogen-bond donors (Lipinski definition) is 2. The van der Waals surface area contributed by atoms with Crippen LogP contribution in [0.4, 0.5) is 17.2 Å². The summed E-state index contributed by atoms with van der Waals surface area (Å²) in [5.41, 5.74) is 9.38. The molecular weight excluding hydrogens is 371 g/mol. The smallest absolute Gasteiger partial charge is 0.148 e. The summed E-state index contributed by atoms with van der Waals surface area (Å²) in [6.07, 6.45) is 4.34. The van der Waals surface area contributed by atoms with Crippen molar-refractivity contribution in [2.75, 3.05) is 48.8 Å². The summed E-state index contributed by atoms with van der Waals surface area (Å²) >= 11 is 13.3. The van der Waals surface area contributed by atoms with E-state index in [0.717, 1.165) is 48.2 Å². The second-order valence-corrected chi connectivity index (χ2v) is 7.56. The van der Waals surface area contributed by atoms with E-state index >= 15 is 0 Å². The highest BCUT2D eigenvalue weighted by molar-refractivity contribution is 6.39. The molecule has 1 aliphatic carbocycles. The molecule has 5 nitrogen and oxygen atoms in total. The number of pyridine rings is 1. The number of aromatic nitrogens is 1. The van der Waals surface area contributed by atoms with Crippen LogP contribution in [0.15, 0.2) is 24.4 Å². The van der Waals surface area contributed by atoms with E-state index in [0.29, 0.717) is 28.9 Å². The molecule has 1 saturated carbocycles. The van der Waals surface area contributed by atoms with Gasteiger partial charge in [0, 0.05) is 37.0 Å². The Bertz CT molecular complexity index is 804. The van der Waals surface area contributed by atoms with Gasteiger partial charge in [-0.15, -0.1) is 0 Å². The minimum atomic E-state index is 0.520. The number of nitrogens with two attached hydrogens (primary N) is 1. The number of morpholine rings is 1. The maximum Gasteiger partial charge on any atom is 0.148 e. The van der Waals surface area contributed by atoms with Crippen LogP contribution in [0.25, 0.3) is 11.1 Å². The van der Waals surface area contributed by atoms with Gasteiger partial charge in [0.15, 0.2) is 0 Å². The van der Waals surface area contributed by atoms with Crippen molar-refractivity contribution in [1.82, 2.24) is 4.98 Å². The molecule has 0 bridgehead atoms. The molecule has 0 radical (unpaired) electrons. The van der Waals surface area contributed by atoms with Gasteiger partial charge >= 0.3 is 0 Å². The molecule has 1 saturated heterocycles. The summed E-state index contributed by atoms with van der Waals surface area (Å²) in [5.74, 6) is 1.52. The molecule has 138 valence electrons. The van der Waals surface area contributed by atoms with Crippen LogP contribution in [0.5, 0.6) is 0 Å². The van der Waals surface area contributed by atoms with E-state index in [4.69, 9.17) is 33.7 Å². The van der Waals surface area contributed by atoms with E-state index in [1.54, 1.807) is 6.20 Å². The van der Waals surface area contributed by atoms with Crippen LogP contribution in [0, 0.1) is 5.92 Å². The van der Waals surface area contributed by atoms with Crippen molar-refractivity contribution in [2.24, 2.45) is 5.92 Å². The maximum absolute atomic E-state index is 6.69. The van der Waals surface area contributed by atoms with Crippen LogP contribution < -0.4 is 16.0 Å². The Balaban J connectivity index is 1.65. The summed E-state index contributed by atoms with van der Waals surface area (Å²) in [6, 6.07) is 5.83. The molecule has 0 unspecified atom stereocenters. The summed E-state index contributed by atoms with van der Waals surface area (Å²) in [5, 5.41) is 4.51. The fraction of sp³-hybridized carbons (Fsp3) is 0.421. The van der Waals surface area contributed by atoms with Gasteiger partial charge in [-0.05, 0) is 30.9 Å². The lowest BCUT2D eigenvalue weighted by molar-refractivity contribution is 0.122. The molecule has 2 aliphatic rings. The molecule has 2 heterocycles. The van der Waals surface area contributed by atoms with Gasteiger partial charge in [0.05, 0.1) is 34.6 Å². The minimum absolute atomic E-state index is 0.520. The second-order valence-electron chi connectivity index (χ2n) is 6.81. The normalized spacial score (nSPS) is 17.4. The van der Waals surface area contributed by atoms with Gasteiger partial charge in [0.2, 0.25) is 0 Å². The average Bonchev–Trinajstić information content (AvgIpc) is 3.49. The zero-order valence-electron chi connectivity index (χ0n) is 14.5. The molecular formula is C19H22Cl2N4O. The van der Waals surface area contributed by atoms with E-state index in [1.807, 2.05) is 18.2 Å². The highest BCUT2D eigenvalue weighted by Gasteiger charge is 2.22. The van der Waals surface area contributed by atoms with Gasteiger partial charge in [0.1, 0.15) is 5.82 Å². The van der Waals surface area contributed by atoms with Crippen LogP contribution >= 0.6 is 23.2 Å². The van der Waals surface area contributed by atoms with Crippen molar-refractivity contribution in [1.29, 1.82) is 0 Å². The Morgan fingerprint density at radius 1 is 1.12 bits per heavy atom. The van der Waals surface area contributed by atoms with Crippen LogP contribution in [0.3, 0.4) is 0 Å². The van der Waals surface area contributed by atoms with Gasteiger partial charge in [-0.3, -0.25) is 0 Å². The summed E-state index contributed by atoms with van der Waals surface area (Å²) in [4.78, 5) is 6.60. The molecule has 2 aromatic rings. The number of ether oxygens (including phenoxy) is 1. The number of hydrogen-bond acceptors (Lipinski definition) is 5. The average molecular weight is 393 g/mol. The van der Waals surface area contributed by atoms with E-state index in [-0.39, 0.29) is 0 Å². The summed E-state index contributed by atoms with van der Waals surface area (Å²) in [7, 11) is 0. The van der Waals surface area contributed by atoms with Crippen molar-refractivity contribution in [3.05, 3.63) is 34.4 Å². The van der Waals surface area contributed by atoms with E-state index in [1.165, 1.54) is 12.8 Å². The van der Waals surface area contributed by atoms with E-state index < -0.39 is 0 Å². The minimum Gasteiger partial charge on any atom is -0.396 e. The standard InChI is InChI=1S/C19H22Cl2N4O/c20-16-13(3-4-15(18(16)22)24-11-12-1-2-12)14-5-6-23-19(17(14)21)25-7-9-26-10-8-25/h3-6,12,24H,1-2,7-11,22H2. The zero-order chi connectivity index (χ0) is 18.1. The van der Waals surface area contributed by atoms with Crippen molar-refractivity contribution in [3.8, 4) is 11.1 Å². The van der Waals surface area contributed by atoms with Crippen molar-refractivity contribution in [2.45, 2.75) is 12.8 Å². The van der Waals surface area contributed by atoms with Gasteiger partial charge in [0.25, 0.3) is 0 Å². The van der Waals surface area contributed by atoms with E-state index in [9.17, 15) is 0 Å². The lowest BCUT2D eigenvalue weighted by Gasteiger charge is -2.29. The predicted molar refractivity (Wildman–Crippen MR) is 108 cm³/mol. The third-order valence-electron chi connectivity index (χ3n) is 4.93. The number of halogens is 2. The van der Waals surface area contributed by atoms with Crippen LogP contribution in [0.2, 0.25) is 10.0 Å². The van der Waals surface area contributed by atoms with Gasteiger partial charge < -0.3 is 20.7 Å². The molecule has 0 amide bonds. The number of nitrogens with zero attached hydrogens (tertiary/aromatic N) is 2. The molecule has 1 aromatic carbocycles. The predicted octanol–water partition coefficient (Wildman–Crippen LogP) is 4.30. The molecule has 3 N–H and O–H groups in total. The summed E-state index contributed by atoms with van der Waals surface area (Å²) in [6.45, 7) is 3.85. The third kappa shape index (κ3) is 3.56. The lowest BCUT2D eigenvalue weighted by atomic mass is 10.0. The SMILES string of the molecule is Nc1c(NCC2CC2)ccc(-c2ccnc(N3CCOCC3)c2Cl)c1Cl. The lowest BCUT2D eigenvalue weighted by Crippen LogP contribution is -2.37. The van der Waals surface area contributed by atoms with Crippen molar-refractivity contribution < 1.29 is 4.74 Å². The number of benzene rings is 1. The third-order valence-corrected chi connectivity index (χ3v) is 5.71. The van der Waals surface area contributed by atoms with Crippen LogP contribution in [0.1, 0.15) is 12.8 Å². The largest absolute Gasteiger partial charge is 0.396 e. The van der Waals surface area contributed by atoms with Crippen molar-refractivity contribution in [3.63, 3.8) is 0 Å². The first-order chi connectivity index (χ1) is 12.6. The van der Waals surface area contributed by atoms with Crippen LogP contribution in [-0.2, 0) is 4.74 Å². The fourth-order valence-corrected chi connectivity index (χ4v) is 3.77. The number of nitrogen functional groups attached to an aromatic ring is 1. The van der Waals surface area contributed by atoms with Crippen molar-refractivity contribution >= 4 is 40.4 Å². The topological polar surface area (TPSA) is 63.4 Å². The molecule has 1 aliphatic heterocycles. The molecule has 0 atom stereocenters. The molecule has 1 aromatic heterocycles. The molecule has 26 heavy (non-hydrogen) atoms. The maximum atomic E-state index is 6.69. The Kier molecular flexibility index (Phi) is 5.11. The monoisotopic (exact) mass is 392 g/mol. The first-order valence-electron chi connectivity index (χ1n) is 8.94. The molecule has 4 rings (SSSR count). The summed E-state index contributed by atoms with van der Waals surface area (Å²) < 4.78 is 5.41. The fourth-order valence-electron chi connectivity index (χ4n) is 3.17. The molecule has 2 fully saturated rings. The Morgan fingerprint density at radius 2 is 1.85 bits per heavy atom. The quantitative estimate of drug-likeness (QED) is 0.742. The van der Waals surface area contributed by atoms with Crippen LogP contribution in [-0.4, -0.2) is 37.8 Å². The highest BCUT2D eigenvalue weighted by Crippen LogP contribution is 2.42. The number of nitrogens with one attached hydrogen (secondary N) is 1. The molecule has 0 spiro atoms. The van der Waals surface area contributed by atoms with Gasteiger partial charge in [-0.1, -0.05) is 29.3 Å². The Labute approximate surface area is 163 Å². The first-order valence-corrected chi connectivity index (χ1v) is 9.70. The highest BCUT2D eigenvalue weighted by atomic mass is 35.5. The Morgan fingerprint density at radius 3 is 2.58 bits per heavy atom.